The molecule has 0 unspecified atom stereocenters. The topological polar surface area (TPSA) is 17.1 Å². The first-order valence-corrected chi connectivity index (χ1v) is 3.13. The van der Waals surface area contributed by atoms with Crippen molar-refractivity contribution in [3.05, 3.63) is 24.3 Å². The van der Waals surface area contributed by atoms with Crippen molar-refractivity contribution in [3.63, 3.8) is 0 Å². The molecule has 1 heteroatoms. The zero-order valence-corrected chi connectivity index (χ0v) is 5.71. The molecule has 0 radical (unpaired) electrons. The molecule has 0 amide bonds. The van der Waals surface area contributed by atoms with Crippen molar-refractivity contribution in [2.45, 2.75) is 19.8 Å². The molecule has 0 heterocycles. The van der Waals surface area contributed by atoms with E-state index in [4.69, 9.17) is 0 Å². The van der Waals surface area contributed by atoms with E-state index in [-0.39, 0.29) is 0 Å². The minimum Gasteiger partial charge on any atom is -0.299 e. The summed E-state index contributed by atoms with van der Waals surface area (Å²) in [6.07, 6.45) is 10.3. The van der Waals surface area contributed by atoms with Gasteiger partial charge in [0.1, 0.15) is 6.29 Å². The SMILES string of the molecule is C/C=C/CC/C=C\C=O. The third-order valence-corrected chi connectivity index (χ3v) is 0.950. The van der Waals surface area contributed by atoms with Crippen molar-refractivity contribution in [2.24, 2.45) is 0 Å². The van der Waals surface area contributed by atoms with Crippen molar-refractivity contribution in [1.82, 2.24) is 0 Å². The third-order valence-electron chi connectivity index (χ3n) is 0.950. The Labute approximate surface area is 56.1 Å². The fourth-order valence-electron chi connectivity index (χ4n) is 0.511. The first kappa shape index (κ1) is 8.15. The van der Waals surface area contributed by atoms with E-state index in [1.54, 1.807) is 0 Å². The van der Waals surface area contributed by atoms with Gasteiger partial charge in [0.15, 0.2) is 0 Å². The molecular formula is C8H12O. The molecule has 0 aromatic heterocycles. The van der Waals surface area contributed by atoms with Crippen molar-refractivity contribution in [1.29, 1.82) is 0 Å². The Morgan fingerprint density at radius 1 is 1.22 bits per heavy atom. The second-order valence-corrected chi connectivity index (χ2v) is 1.71. The fourth-order valence-corrected chi connectivity index (χ4v) is 0.511. The van der Waals surface area contributed by atoms with Crippen LogP contribution in [0.5, 0.6) is 0 Å². The average molecular weight is 124 g/mol. The van der Waals surface area contributed by atoms with E-state index >= 15 is 0 Å². The van der Waals surface area contributed by atoms with E-state index in [9.17, 15) is 4.79 Å². The minimum atomic E-state index is 0.801. The highest BCUT2D eigenvalue weighted by Gasteiger charge is 1.72. The van der Waals surface area contributed by atoms with Gasteiger partial charge in [0.05, 0.1) is 0 Å². The molecule has 0 saturated carbocycles. The molecule has 9 heavy (non-hydrogen) atoms. The van der Waals surface area contributed by atoms with Crippen LogP contribution in [0.1, 0.15) is 19.8 Å². The monoisotopic (exact) mass is 124 g/mol. The second kappa shape index (κ2) is 7.15. The number of carbonyl (C=O) groups excluding carboxylic acids is 1. The molecule has 50 valence electrons. The zero-order chi connectivity index (χ0) is 6.95. The molecular weight excluding hydrogens is 112 g/mol. The van der Waals surface area contributed by atoms with Crippen LogP contribution in [-0.2, 0) is 4.79 Å². The van der Waals surface area contributed by atoms with Gasteiger partial charge < -0.3 is 0 Å². The van der Waals surface area contributed by atoms with Gasteiger partial charge >= 0.3 is 0 Å². The van der Waals surface area contributed by atoms with Gasteiger partial charge in [0.2, 0.25) is 0 Å². The highest BCUT2D eigenvalue weighted by Crippen LogP contribution is 1.90. The Hall–Kier alpha value is -0.850. The van der Waals surface area contributed by atoms with Crippen LogP contribution in [0.4, 0.5) is 0 Å². The Bertz CT molecular complexity index is 112. The van der Waals surface area contributed by atoms with Gasteiger partial charge in [-0.25, -0.2) is 0 Å². The summed E-state index contributed by atoms with van der Waals surface area (Å²) >= 11 is 0. The lowest BCUT2D eigenvalue weighted by Crippen LogP contribution is -1.64. The number of aldehydes is 1. The Morgan fingerprint density at radius 2 is 1.89 bits per heavy atom. The number of allylic oxidation sites excluding steroid dienone is 4. The lowest BCUT2D eigenvalue weighted by Gasteiger charge is -1.81. The zero-order valence-electron chi connectivity index (χ0n) is 5.71. The van der Waals surface area contributed by atoms with Gasteiger partial charge in [0, 0.05) is 0 Å². The van der Waals surface area contributed by atoms with Gasteiger partial charge in [-0.3, -0.25) is 4.79 Å². The van der Waals surface area contributed by atoms with Crippen molar-refractivity contribution >= 4 is 6.29 Å². The number of hydrogen-bond donors (Lipinski definition) is 0. The summed E-state index contributed by atoms with van der Waals surface area (Å²) < 4.78 is 0. The van der Waals surface area contributed by atoms with E-state index in [0.29, 0.717) is 0 Å². The largest absolute Gasteiger partial charge is 0.299 e. The van der Waals surface area contributed by atoms with Crippen molar-refractivity contribution < 1.29 is 4.79 Å². The van der Waals surface area contributed by atoms with E-state index < -0.39 is 0 Å². The van der Waals surface area contributed by atoms with Crippen molar-refractivity contribution in [2.75, 3.05) is 0 Å². The maximum Gasteiger partial charge on any atom is 0.142 e. The smallest absolute Gasteiger partial charge is 0.142 e. The molecule has 0 fully saturated rings. The fraction of sp³-hybridized carbons (Fsp3) is 0.375. The summed E-state index contributed by atoms with van der Waals surface area (Å²) in [6, 6.07) is 0. The summed E-state index contributed by atoms with van der Waals surface area (Å²) in [5.74, 6) is 0. The lowest BCUT2D eigenvalue weighted by atomic mass is 10.3. The summed E-state index contributed by atoms with van der Waals surface area (Å²) in [6.45, 7) is 1.99. The van der Waals surface area contributed by atoms with Gasteiger partial charge in [0.25, 0.3) is 0 Å². The first-order valence-electron chi connectivity index (χ1n) is 3.13. The summed E-state index contributed by atoms with van der Waals surface area (Å²) in [7, 11) is 0. The van der Waals surface area contributed by atoms with Gasteiger partial charge in [-0.1, -0.05) is 18.2 Å². The van der Waals surface area contributed by atoms with Gasteiger partial charge in [-0.2, -0.15) is 0 Å². The highest BCUT2D eigenvalue weighted by atomic mass is 16.1. The summed E-state index contributed by atoms with van der Waals surface area (Å²) in [5, 5.41) is 0. The normalized spacial score (nSPS) is 11.2. The van der Waals surface area contributed by atoms with Crippen LogP contribution < -0.4 is 0 Å². The predicted octanol–water partition coefficient (Wildman–Crippen LogP) is 2.10. The van der Waals surface area contributed by atoms with Crippen LogP contribution in [0.2, 0.25) is 0 Å². The van der Waals surface area contributed by atoms with Crippen molar-refractivity contribution in [3.8, 4) is 0 Å². The molecule has 0 aliphatic carbocycles. The first-order chi connectivity index (χ1) is 4.41. The molecule has 0 aliphatic heterocycles. The highest BCUT2D eigenvalue weighted by molar-refractivity contribution is 5.64. The Kier molecular flexibility index (Phi) is 6.47. The van der Waals surface area contributed by atoms with E-state index in [1.165, 1.54) is 6.08 Å². The molecule has 0 spiro atoms. The molecule has 0 saturated heterocycles. The standard InChI is InChI=1S/C8H12O/c1-2-3-4-5-6-7-8-9/h2-3,6-8H,4-5H2,1H3/b3-2+,7-6-. The quantitative estimate of drug-likeness (QED) is 0.243. The predicted molar refractivity (Wildman–Crippen MR) is 39.3 cm³/mol. The van der Waals surface area contributed by atoms with Crippen LogP contribution in [0.15, 0.2) is 24.3 Å². The minimum absolute atomic E-state index is 0.801. The molecule has 1 nitrogen and oxygen atoms in total. The van der Waals surface area contributed by atoms with E-state index in [1.807, 2.05) is 19.1 Å². The Balaban J connectivity index is 3.08. The maximum absolute atomic E-state index is 9.73. The molecule has 0 aromatic carbocycles. The maximum atomic E-state index is 9.73. The third kappa shape index (κ3) is 7.15. The Morgan fingerprint density at radius 3 is 2.44 bits per heavy atom. The van der Waals surface area contributed by atoms with Crippen LogP contribution in [0, 0.1) is 0 Å². The molecule has 0 N–H and O–H groups in total. The summed E-state index contributed by atoms with van der Waals surface area (Å²) in [4.78, 5) is 9.73. The molecule has 0 aliphatic rings. The van der Waals surface area contributed by atoms with E-state index in [0.717, 1.165) is 19.1 Å². The molecule has 0 atom stereocenters. The molecule has 0 aromatic rings. The number of unbranched alkanes of at least 4 members (excludes halogenated alkanes) is 1. The second-order valence-electron chi connectivity index (χ2n) is 1.71. The van der Waals surface area contributed by atoms with Crippen LogP contribution in [0.25, 0.3) is 0 Å². The number of rotatable bonds is 4. The van der Waals surface area contributed by atoms with Crippen LogP contribution >= 0.6 is 0 Å². The molecule has 0 bridgehead atoms. The van der Waals surface area contributed by atoms with Gasteiger partial charge in [-0.15, -0.1) is 0 Å². The number of carbonyl (C=O) groups is 1. The van der Waals surface area contributed by atoms with Crippen LogP contribution in [0.3, 0.4) is 0 Å². The molecule has 0 rings (SSSR count). The lowest BCUT2D eigenvalue weighted by molar-refractivity contribution is -0.104. The van der Waals surface area contributed by atoms with Gasteiger partial charge in [-0.05, 0) is 25.8 Å². The summed E-state index contributed by atoms with van der Waals surface area (Å²) in [5.41, 5.74) is 0. The average Bonchev–Trinajstić information content (AvgIpc) is 1.89. The van der Waals surface area contributed by atoms with E-state index in [2.05, 4.69) is 6.08 Å². The van der Waals surface area contributed by atoms with Crippen LogP contribution in [-0.4, -0.2) is 6.29 Å². The number of hydrogen-bond acceptors (Lipinski definition) is 1.